The number of nitrogens with one attached hydrogen (secondary N) is 1. The molecular weight excluding hydrogens is 591 g/mol. The molecule has 9 heteroatoms. The maximum Gasteiger partial charge on any atom is 0.124 e. The highest BCUT2D eigenvalue weighted by Crippen LogP contribution is 2.33. The normalized spacial score (nSPS) is 11.2. The molecule has 8 nitrogen and oxygen atoms in total. The van der Waals surface area contributed by atoms with Gasteiger partial charge in [-0.15, -0.1) is 0 Å². The van der Waals surface area contributed by atoms with Gasteiger partial charge in [0.15, 0.2) is 0 Å². The lowest BCUT2D eigenvalue weighted by Crippen LogP contribution is -2.25. The Morgan fingerprint density at radius 1 is 0.783 bits per heavy atom. The van der Waals surface area contributed by atoms with Crippen molar-refractivity contribution < 1.29 is 5.11 Å². The van der Waals surface area contributed by atoms with Gasteiger partial charge in [0.05, 0.1) is 22.2 Å². The van der Waals surface area contributed by atoms with Gasteiger partial charge in [0, 0.05) is 82.2 Å². The predicted octanol–water partition coefficient (Wildman–Crippen LogP) is 6.92. The van der Waals surface area contributed by atoms with Gasteiger partial charge < -0.3 is 10.4 Å². The van der Waals surface area contributed by atoms with Crippen LogP contribution in [-0.4, -0.2) is 48.6 Å². The highest BCUT2D eigenvalue weighted by Gasteiger charge is 2.18. The van der Waals surface area contributed by atoms with Crippen molar-refractivity contribution in [1.29, 1.82) is 0 Å². The molecule has 0 aliphatic carbocycles. The van der Waals surface area contributed by atoms with E-state index in [-0.39, 0.29) is 5.75 Å². The lowest BCUT2D eigenvalue weighted by atomic mass is 9.97. The molecule has 0 saturated heterocycles. The van der Waals surface area contributed by atoms with E-state index in [0.717, 1.165) is 44.9 Å². The number of thiocarbonyl (C=S) groups is 1. The first-order valence-electron chi connectivity index (χ1n) is 15.1. The van der Waals surface area contributed by atoms with Crippen molar-refractivity contribution in [3.05, 3.63) is 150 Å². The number of phenols is 1. The summed E-state index contributed by atoms with van der Waals surface area (Å²) in [5.74, 6) is 0.284. The number of rotatable bonds is 15. The van der Waals surface area contributed by atoms with Crippen LogP contribution in [0.4, 0.5) is 5.69 Å². The van der Waals surface area contributed by atoms with Crippen LogP contribution in [0.2, 0.25) is 0 Å². The van der Waals surface area contributed by atoms with E-state index in [1.54, 1.807) is 6.20 Å². The second-order valence-electron chi connectivity index (χ2n) is 10.9. The molecule has 0 spiro atoms. The summed E-state index contributed by atoms with van der Waals surface area (Å²) in [6.07, 6.45) is 11.3. The number of isothiocyanates is 1. The Kier molecular flexibility index (Phi) is 11.9. The number of aliphatic imine (C=N–C) groups is 1. The number of aromatic hydroxyl groups is 1. The van der Waals surface area contributed by atoms with Gasteiger partial charge in [-0.2, -0.15) is 4.99 Å². The monoisotopic (exact) mass is 627 g/mol. The summed E-state index contributed by atoms with van der Waals surface area (Å²) in [4.78, 5) is 22.1. The molecule has 0 radical (unpaired) electrons. The van der Waals surface area contributed by atoms with Gasteiger partial charge in [-0.05, 0) is 89.7 Å². The zero-order chi connectivity index (χ0) is 32.0. The molecule has 0 unspecified atom stereocenters. The molecular formula is C37H37N7OS. The van der Waals surface area contributed by atoms with Crippen molar-refractivity contribution >= 4 is 23.1 Å². The SMILES string of the molecule is CN/C=C\CN(Cc1ccccn1)Cc1cc(-c2ccc(N=C=S)cc2)cc(CN(Cc2cccnc2)Cc2ccccn2)c1O. The summed E-state index contributed by atoms with van der Waals surface area (Å²) >= 11 is 4.79. The molecule has 3 aromatic heterocycles. The Morgan fingerprint density at radius 2 is 1.46 bits per heavy atom. The molecule has 0 fully saturated rings. The van der Waals surface area contributed by atoms with Crippen molar-refractivity contribution in [3.63, 3.8) is 0 Å². The van der Waals surface area contributed by atoms with E-state index in [0.29, 0.717) is 39.3 Å². The van der Waals surface area contributed by atoms with Crippen LogP contribution < -0.4 is 5.32 Å². The number of hydrogen-bond acceptors (Lipinski definition) is 9. The minimum absolute atomic E-state index is 0.284. The molecule has 0 saturated carbocycles. The van der Waals surface area contributed by atoms with Crippen LogP contribution in [0.3, 0.4) is 0 Å². The fourth-order valence-electron chi connectivity index (χ4n) is 5.29. The third-order valence-electron chi connectivity index (χ3n) is 7.43. The van der Waals surface area contributed by atoms with Crippen molar-refractivity contribution in [2.75, 3.05) is 13.6 Å². The number of aromatic nitrogens is 3. The average Bonchev–Trinajstić information content (AvgIpc) is 3.08. The largest absolute Gasteiger partial charge is 0.507 e. The molecule has 0 amide bonds. The number of hydrogen-bond donors (Lipinski definition) is 2. The van der Waals surface area contributed by atoms with E-state index in [9.17, 15) is 5.11 Å². The minimum atomic E-state index is 0.284. The maximum atomic E-state index is 11.9. The molecule has 5 aromatic rings. The molecule has 0 bridgehead atoms. The van der Waals surface area contributed by atoms with Crippen molar-refractivity contribution in [1.82, 2.24) is 30.1 Å². The average molecular weight is 628 g/mol. The van der Waals surface area contributed by atoms with Gasteiger partial charge in [0.1, 0.15) is 5.75 Å². The quantitative estimate of drug-likeness (QED) is 0.0956. The fourth-order valence-corrected chi connectivity index (χ4v) is 5.40. The summed E-state index contributed by atoms with van der Waals surface area (Å²) in [6.45, 7) is 3.59. The molecule has 2 aromatic carbocycles. The predicted molar refractivity (Wildman–Crippen MR) is 186 cm³/mol. The standard InChI is InChI=1S/C37H37N7OS/c1-38-15-7-19-43(26-35-9-2-4-17-40-35)24-32-20-31(30-11-13-34(14-12-30)42-28-46)21-33(37(32)45)25-44(23-29-8-6-16-39-22-29)27-36-10-3-5-18-41-36/h2-18,20-22,38,45H,19,23-27H2,1H3/b15-7-. The Morgan fingerprint density at radius 3 is 2.04 bits per heavy atom. The zero-order valence-electron chi connectivity index (χ0n) is 25.8. The molecule has 232 valence electrons. The molecule has 0 aliphatic rings. The van der Waals surface area contributed by atoms with E-state index < -0.39 is 0 Å². The first-order chi connectivity index (χ1) is 22.6. The number of benzene rings is 2. The first kappa shape index (κ1) is 32.3. The Hall–Kier alpha value is -5.05. The van der Waals surface area contributed by atoms with Crippen LogP contribution >= 0.6 is 12.2 Å². The van der Waals surface area contributed by atoms with E-state index in [4.69, 9.17) is 12.2 Å². The smallest absolute Gasteiger partial charge is 0.124 e. The van der Waals surface area contributed by atoms with Crippen LogP contribution in [0.15, 0.2) is 127 Å². The van der Waals surface area contributed by atoms with Gasteiger partial charge in [-0.1, -0.05) is 36.4 Å². The molecule has 0 aliphatic heterocycles. The lowest BCUT2D eigenvalue weighted by molar-refractivity contribution is 0.239. The maximum absolute atomic E-state index is 11.9. The van der Waals surface area contributed by atoms with E-state index in [1.165, 1.54) is 0 Å². The summed E-state index contributed by atoms with van der Waals surface area (Å²) in [5.41, 5.74) is 7.43. The van der Waals surface area contributed by atoms with Gasteiger partial charge in [0.2, 0.25) is 0 Å². The van der Waals surface area contributed by atoms with Crippen molar-refractivity contribution in [2.45, 2.75) is 32.7 Å². The number of phenolic OH excluding ortho intramolecular Hbond substituents is 1. The van der Waals surface area contributed by atoms with Crippen LogP contribution in [0.25, 0.3) is 11.1 Å². The third-order valence-corrected chi connectivity index (χ3v) is 7.52. The lowest BCUT2D eigenvalue weighted by Gasteiger charge is -2.25. The summed E-state index contributed by atoms with van der Waals surface area (Å²) in [7, 11) is 1.88. The summed E-state index contributed by atoms with van der Waals surface area (Å²) in [6, 6.07) is 27.9. The zero-order valence-corrected chi connectivity index (χ0v) is 26.6. The molecule has 0 atom stereocenters. The summed E-state index contributed by atoms with van der Waals surface area (Å²) in [5, 5.41) is 17.4. The van der Waals surface area contributed by atoms with E-state index in [1.807, 2.05) is 98.6 Å². The molecule has 3 heterocycles. The third kappa shape index (κ3) is 9.47. The van der Waals surface area contributed by atoms with E-state index in [2.05, 4.69) is 64.5 Å². The van der Waals surface area contributed by atoms with Gasteiger partial charge in [-0.3, -0.25) is 24.8 Å². The number of nitrogens with zero attached hydrogens (tertiary/aromatic N) is 6. The highest BCUT2D eigenvalue weighted by atomic mass is 32.1. The first-order valence-corrected chi connectivity index (χ1v) is 15.5. The van der Waals surface area contributed by atoms with Gasteiger partial charge in [-0.25, -0.2) is 0 Å². The highest BCUT2D eigenvalue weighted by molar-refractivity contribution is 7.78. The van der Waals surface area contributed by atoms with Crippen LogP contribution in [0.5, 0.6) is 5.75 Å². The Balaban J connectivity index is 1.53. The second-order valence-corrected chi connectivity index (χ2v) is 11.1. The number of pyridine rings is 3. The van der Waals surface area contributed by atoms with Gasteiger partial charge >= 0.3 is 0 Å². The second kappa shape index (κ2) is 16.9. The van der Waals surface area contributed by atoms with E-state index >= 15 is 0 Å². The van der Waals surface area contributed by atoms with Crippen molar-refractivity contribution in [3.8, 4) is 16.9 Å². The van der Waals surface area contributed by atoms with Crippen LogP contribution in [0, 0.1) is 0 Å². The molecule has 2 N–H and O–H groups in total. The van der Waals surface area contributed by atoms with Gasteiger partial charge in [0.25, 0.3) is 0 Å². The van der Waals surface area contributed by atoms with Crippen LogP contribution in [-0.2, 0) is 32.7 Å². The molecule has 46 heavy (non-hydrogen) atoms. The molecule has 5 rings (SSSR count). The Labute approximate surface area is 275 Å². The minimum Gasteiger partial charge on any atom is -0.507 e. The fraction of sp³-hybridized carbons (Fsp3) is 0.189. The van der Waals surface area contributed by atoms with Crippen molar-refractivity contribution in [2.24, 2.45) is 4.99 Å². The summed E-state index contributed by atoms with van der Waals surface area (Å²) < 4.78 is 0. The van der Waals surface area contributed by atoms with Crippen LogP contribution in [0.1, 0.15) is 28.1 Å². The Bertz CT molecular complexity index is 1700. The topological polar surface area (TPSA) is 89.8 Å².